The lowest BCUT2D eigenvalue weighted by Crippen LogP contribution is -2.47. The molecule has 0 aromatic heterocycles. The third-order valence-corrected chi connectivity index (χ3v) is 17.0. The number of quaternary nitrogens is 1. The van der Waals surface area contributed by atoms with E-state index in [1.165, 1.54) is 186 Å². The number of esters is 1. The Morgan fingerprint density at radius 3 is 1.13 bits per heavy atom. The van der Waals surface area contributed by atoms with Crippen LogP contribution in [0, 0.1) is 0 Å². The molecule has 0 bridgehead atoms. The monoisotopic (exact) mass is 1240 g/mol. The minimum atomic E-state index is -4.46. The van der Waals surface area contributed by atoms with Crippen molar-refractivity contribution < 1.29 is 37.3 Å². The van der Waals surface area contributed by atoms with Crippen LogP contribution in [0.25, 0.3) is 0 Å². The molecule has 0 aliphatic heterocycles. The first-order valence-electron chi connectivity index (χ1n) is 36.6. The van der Waals surface area contributed by atoms with Gasteiger partial charge in [-0.1, -0.05) is 305 Å². The summed E-state index contributed by atoms with van der Waals surface area (Å²) >= 11 is 0. The molecule has 0 saturated carbocycles. The summed E-state index contributed by atoms with van der Waals surface area (Å²) in [5.74, 6) is -0.506. The van der Waals surface area contributed by atoms with Crippen LogP contribution < -0.4 is 5.32 Å². The number of unbranched alkanes of at least 4 members (excludes halogenated alkanes) is 36. The van der Waals surface area contributed by atoms with Gasteiger partial charge in [0.1, 0.15) is 19.3 Å². The molecular formula is C77H140N2O7P+. The molecule has 0 fully saturated rings. The van der Waals surface area contributed by atoms with Gasteiger partial charge in [0.25, 0.3) is 0 Å². The van der Waals surface area contributed by atoms with Crippen LogP contribution in [0.5, 0.6) is 0 Å². The first-order valence-corrected chi connectivity index (χ1v) is 38.1. The average molecular weight is 1240 g/mol. The van der Waals surface area contributed by atoms with Gasteiger partial charge in [-0.05, 0) is 109 Å². The zero-order valence-electron chi connectivity index (χ0n) is 57.7. The first-order chi connectivity index (χ1) is 42.4. The van der Waals surface area contributed by atoms with Gasteiger partial charge in [-0.2, -0.15) is 0 Å². The van der Waals surface area contributed by atoms with E-state index in [2.05, 4.69) is 111 Å². The predicted molar refractivity (Wildman–Crippen MR) is 378 cm³/mol. The van der Waals surface area contributed by atoms with Crippen LogP contribution in [0.1, 0.15) is 329 Å². The van der Waals surface area contributed by atoms with Gasteiger partial charge in [0, 0.05) is 12.8 Å². The highest BCUT2D eigenvalue weighted by Crippen LogP contribution is 2.43. The molecule has 0 saturated heterocycles. The second-order valence-electron chi connectivity index (χ2n) is 25.7. The number of carbonyl (C=O) groups is 2. The summed E-state index contributed by atoms with van der Waals surface area (Å²) in [5, 5.41) is 3.07. The molecule has 3 unspecified atom stereocenters. The Morgan fingerprint density at radius 2 is 0.736 bits per heavy atom. The maximum Gasteiger partial charge on any atom is 0.472 e. The molecule has 3 atom stereocenters. The van der Waals surface area contributed by atoms with Crippen LogP contribution in [-0.2, 0) is 27.9 Å². The number of nitrogens with one attached hydrogen (secondary N) is 1. The number of hydrogen-bond donors (Lipinski definition) is 2. The molecule has 0 aromatic carbocycles. The fourth-order valence-corrected chi connectivity index (χ4v) is 11.1. The predicted octanol–water partition coefficient (Wildman–Crippen LogP) is 23.5. The molecule has 0 aliphatic rings. The number of hydrogen-bond acceptors (Lipinski definition) is 6. The molecule has 0 aliphatic carbocycles. The van der Waals surface area contributed by atoms with Crippen LogP contribution in [0.4, 0.5) is 0 Å². The van der Waals surface area contributed by atoms with Crippen molar-refractivity contribution in [2.24, 2.45) is 0 Å². The smallest absolute Gasteiger partial charge is 0.456 e. The van der Waals surface area contributed by atoms with E-state index in [0.717, 1.165) is 109 Å². The van der Waals surface area contributed by atoms with E-state index >= 15 is 0 Å². The summed E-state index contributed by atoms with van der Waals surface area (Å²) < 4.78 is 30.8. The Morgan fingerprint density at radius 1 is 0.414 bits per heavy atom. The van der Waals surface area contributed by atoms with E-state index in [-0.39, 0.29) is 31.5 Å². The van der Waals surface area contributed by atoms with Gasteiger partial charge in [-0.25, -0.2) is 4.57 Å². The van der Waals surface area contributed by atoms with Gasteiger partial charge in [0.05, 0.1) is 33.8 Å². The number of rotatable bonds is 66. The maximum atomic E-state index is 13.6. The van der Waals surface area contributed by atoms with Crippen molar-refractivity contribution in [2.75, 3.05) is 40.9 Å². The van der Waals surface area contributed by atoms with Gasteiger partial charge in [0.2, 0.25) is 5.91 Å². The van der Waals surface area contributed by atoms with Crippen molar-refractivity contribution >= 4 is 19.7 Å². The third kappa shape index (κ3) is 67.2. The summed E-state index contributed by atoms with van der Waals surface area (Å²) in [6.07, 6.45) is 90.0. The Kier molecular flexibility index (Phi) is 63.5. The summed E-state index contributed by atoms with van der Waals surface area (Å²) in [7, 11) is 1.49. The molecule has 2 N–H and O–H groups in total. The van der Waals surface area contributed by atoms with Gasteiger partial charge >= 0.3 is 13.8 Å². The number of phosphoric acid groups is 1. The van der Waals surface area contributed by atoms with E-state index in [0.29, 0.717) is 17.4 Å². The highest BCUT2D eigenvalue weighted by molar-refractivity contribution is 7.47. The van der Waals surface area contributed by atoms with Crippen LogP contribution in [-0.4, -0.2) is 74.3 Å². The molecule has 0 aromatic rings. The molecule has 9 nitrogen and oxygen atoms in total. The molecule has 0 spiro atoms. The Bertz CT molecular complexity index is 1810. The number of carbonyl (C=O) groups excluding carboxylic acids is 2. The van der Waals surface area contributed by atoms with E-state index < -0.39 is 20.0 Å². The minimum absolute atomic E-state index is 0.0365. The van der Waals surface area contributed by atoms with Gasteiger partial charge in [-0.15, -0.1) is 0 Å². The van der Waals surface area contributed by atoms with Crippen LogP contribution in [0.2, 0.25) is 0 Å². The SMILES string of the molecule is CC/C=C\C/C=C\C/C=C\C/C=C\C/C=C\CCCCCCCCCCCC(=O)OC(/C=C/CCCCCCCCCCC)C(COP(=O)(O)OCC[N+](C)(C)C)NC(=O)CCCCCCCCCCCCCCCCC/C=C\C/C=C\CCCCC. The highest BCUT2D eigenvalue weighted by Gasteiger charge is 2.30. The standard InChI is InChI=1S/C77H139N2O7P/c1-7-10-13-16-19-22-25-27-29-31-33-35-37-39-41-43-45-47-49-51-54-57-60-63-66-69-76(80)78-74(73-85-87(82,83)84-72-71-79(4,5)6)75(68-65-62-59-56-53-24-21-18-15-12-9-3)86-77(81)70-67-64-61-58-55-52-50-48-46-44-42-40-38-36-34-32-30-28-26-23-20-17-14-11-8-2/h11,14,19-20,22-23,27-30,34,36,40,42,65,68,74-75H,7-10,12-13,15-18,21,24-26,31-33,35,37-39,41,43-64,66-67,69-73H2,1-6H3,(H-,78,80,82,83)/p+1/b14-11-,22-19-,23-20-,29-27-,30-28-,36-34-,42-40-,68-65+. The topological polar surface area (TPSA) is 111 Å². The zero-order chi connectivity index (χ0) is 63.5. The van der Waals surface area contributed by atoms with Crippen molar-refractivity contribution in [3.8, 4) is 0 Å². The van der Waals surface area contributed by atoms with Crippen molar-refractivity contribution in [1.29, 1.82) is 0 Å². The van der Waals surface area contributed by atoms with Crippen molar-refractivity contribution in [3.63, 3.8) is 0 Å². The molecule has 504 valence electrons. The van der Waals surface area contributed by atoms with Crippen molar-refractivity contribution in [1.82, 2.24) is 5.32 Å². The zero-order valence-corrected chi connectivity index (χ0v) is 58.6. The quantitative estimate of drug-likeness (QED) is 0.0205. The molecule has 0 rings (SSSR count). The Labute approximate surface area is 538 Å². The van der Waals surface area contributed by atoms with Crippen LogP contribution >= 0.6 is 7.82 Å². The number of amides is 1. The van der Waals surface area contributed by atoms with Crippen molar-refractivity contribution in [2.45, 2.75) is 341 Å². The Balaban J connectivity index is 4.99. The van der Waals surface area contributed by atoms with E-state index in [1.807, 2.05) is 33.3 Å². The second kappa shape index (κ2) is 65.9. The van der Waals surface area contributed by atoms with Crippen LogP contribution in [0.3, 0.4) is 0 Å². The number of likely N-dealkylation sites (N-methyl/N-ethyl adjacent to an activating group) is 1. The number of nitrogens with zero attached hydrogens (tertiary/aromatic N) is 1. The first kappa shape index (κ1) is 83.9. The molecule has 87 heavy (non-hydrogen) atoms. The Hall–Kier alpha value is -3.07. The van der Waals surface area contributed by atoms with Gasteiger partial charge in [-0.3, -0.25) is 18.6 Å². The summed E-state index contributed by atoms with van der Waals surface area (Å²) in [6.45, 7) is 6.89. The molecular weight excluding hydrogens is 1100 g/mol. The van der Waals surface area contributed by atoms with E-state index in [4.69, 9.17) is 13.8 Å². The third-order valence-electron chi connectivity index (χ3n) is 16.0. The van der Waals surface area contributed by atoms with E-state index in [1.54, 1.807) is 0 Å². The summed E-state index contributed by atoms with van der Waals surface area (Å²) in [5.41, 5.74) is 0. The second-order valence-corrected chi connectivity index (χ2v) is 27.2. The highest BCUT2D eigenvalue weighted by atomic mass is 31.2. The summed E-state index contributed by atoms with van der Waals surface area (Å²) in [6, 6.07) is -0.856. The van der Waals surface area contributed by atoms with E-state index in [9.17, 15) is 19.0 Å². The number of ether oxygens (including phenoxy) is 1. The number of phosphoric ester groups is 1. The molecule has 10 heteroatoms. The molecule has 0 radical (unpaired) electrons. The van der Waals surface area contributed by atoms with Crippen molar-refractivity contribution in [3.05, 3.63) is 97.2 Å². The fourth-order valence-electron chi connectivity index (χ4n) is 10.4. The van der Waals surface area contributed by atoms with Gasteiger partial charge < -0.3 is 19.4 Å². The van der Waals surface area contributed by atoms with Gasteiger partial charge in [0.15, 0.2) is 0 Å². The lowest BCUT2D eigenvalue weighted by molar-refractivity contribution is -0.870. The number of allylic oxidation sites excluding steroid dienone is 15. The average Bonchev–Trinajstić information content (AvgIpc) is 3.70. The summed E-state index contributed by atoms with van der Waals surface area (Å²) in [4.78, 5) is 37.9. The largest absolute Gasteiger partial charge is 0.472 e. The lowest BCUT2D eigenvalue weighted by atomic mass is 10.0. The lowest BCUT2D eigenvalue weighted by Gasteiger charge is -2.27. The van der Waals surface area contributed by atoms with Crippen LogP contribution in [0.15, 0.2) is 97.2 Å². The minimum Gasteiger partial charge on any atom is -0.456 e. The fraction of sp³-hybridized carbons (Fsp3) is 0.766. The maximum absolute atomic E-state index is 13.6. The normalized spacial score (nSPS) is 14.1. The molecule has 0 heterocycles. The molecule has 1 amide bonds.